The average Bonchev–Trinajstić information content (AvgIpc) is 3.15. The summed E-state index contributed by atoms with van der Waals surface area (Å²) < 4.78 is 59.2. The van der Waals surface area contributed by atoms with Crippen LogP contribution in [0.1, 0.15) is 48.1 Å². The summed E-state index contributed by atoms with van der Waals surface area (Å²) in [5.41, 5.74) is 6.33. The monoisotopic (exact) mass is 476 g/mol. The number of hydrogen-bond acceptors (Lipinski definition) is 3. The second-order valence-electron chi connectivity index (χ2n) is 9.19. The molecule has 4 rings (SSSR count). The van der Waals surface area contributed by atoms with Crippen molar-refractivity contribution in [3.05, 3.63) is 70.3 Å². The van der Waals surface area contributed by atoms with Gasteiger partial charge in [-0.15, -0.1) is 0 Å². The van der Waals surface area contributed by atoms with Crippen LogP contribution in [-0.2, 0) is 6.42 Å². The summed E-state index contributed by atoms with van der Waals surface area (Å²) in [5.74, 6) is 0.674. The summed E-state index contributed by atoms with van der Waals surface area (Å²) in [6, 6.07) is 13.1. The van der Waals surface area contributed by atoms with Gasteiger partial charge in [0.15, 0.2) is 0 Å². The normalized spacial score (nSPS) is 20.4. The first-order chi connectivity index (χ1) is 16.3. The Kier molecular flexibility index (Phi) is 7.63. The molecule has 0 saturated carbocycles. The molecule has 3 nitrogen and oxygen atoms in total. The van der Waals surface area contributed by atoms with Gasteiger partial charge < -0.3 is 10.1 Å². The lowest BCUT2D eigenvalue weighted by atomic mass is 9.83. The van der Waals surface area contributed by atoms with Gasteiger partial charge in [0.25, 0.3) is 0 Å². The van der Waals surface area contributed by atoms with Crippen molar-refractivity contribution in [1.82, 2.24) is 10.2 Å². The Morgan fingerprint density at radius 1 is 1.09 bits per heavy atom. The lowest BCUT2D eigenvalue weighted by molar-refractivity contribution is -0.155. The topological polar surface area (TPSA) is 24.5 Å². The average molecular weight is 477 g/mol. The zero-order valence-corrected chi connectivity index (χ0v) is 19.7. The number of hydrogen-bond donors (Lipinski definition) is 1. The first-order valence-electron chi connectivity index (χ1n) is 11.9. The third-order valence-electron chi connectivity index (χ3n) is 6.84. The lowest BCUT2D eigenvalue weighted by Crippen LogP contribution is -2.46. The maximum atomic E-state index is 13.7. The zero-order valence-electron chi connectivity index (χ0n) is 19.7. The van der Waals surface area contributed by atoms with Gasteiger partial charge in [-0.3, -0.25) is 9.29 Å². The minimum absolute atomic E-state index is 0.250. The van der Waals surface area contributed by atoms with Gasteiger partial charge in [-0.1, -0.05) is 36.4 Å². The van der Waals surface area contributed by atoms with Crippen molar-refractivity contribution in [2.75, 3.05) is 32.9 Å². The zero-order chi connectivity index (χ0) is 24.3. The Labute approximate surface area is 198 Å². The van der Waals surface area contributed by atoms with Crippen molar-refractivity contribution in [2.24, 2.45) is 0 Å². The van der Waals surface area contributed by atoms with Crippen LogP contribution >= 0.6 is 0 Å². The van der Waals surface area contributed by atoms with Crippen LogP contribution in [0, 0.1) is 6.92 Å². The van der Waals surface area contributed by atoms with E-state index in [2.05, 4.69) is 17.4 Å². The third kappa shape index (κ3) is 5.31. The SMILES string of the molecule is Cc1c(OCCNCCCF)cccc1[C@@H]1C2=C(C[C@@H](C)N1CC(F)(F)F)c1ccccc1C2. The first kappa shape index (κ1) is 24.7. The molecule has 1 aliphatic heterocycles. The highest BCUT2D eigenvalue weighted by atomic mass is 19.4. The van der Waals surface area contributed by atoms with Crippen LogP contribution in [0.3, 0.4) is 0 Å². The van der Waals surface area contributed by atoms with E-state index in [-0.39, 0.29) is 12.7 Å². The molecular formula is C27H32F4N2O. The van der Waals surface area contributed by atoms with Crippen molar-refractivity contribution in [2.45, 2.75) is 51.4 Å². The van der Waals surface area contributed by atoms with Gasteiger partial charge >= 0.3 is 6.18 Å². The second kappa shape index (κ2) is 10.5. The summed E-state index contributed by atoms with van der Waals surface area (Å²) in [4.78, 5) is 1.61. The predicted molar refractivity (Wildman–Crippen MR) is 127 cm³/mol. The number of nitrogens with one attached hydrogen (secondary N) is 1. The van der Waals surface area contributed by atoms with Crippen molar-refractivity contribution >= 4 is 5.57 Å². The maximum absolute atomic E-state index is 13.7. The third-order valence-corrected chi connectivity index (χ3v) is 6.84. The molecule has 7 heteroatoms. The van der Waals surface area contributed by atoms with Crippen LogP contribution in [0.5, 0.6) is 5.75 Å². The Hall–Kier alpha value is -2.38. The molecule has 2 atom stereocenters. The maximum Gasteiger partial charge on any atom is 0.401 e. The quantitative estimate of drug-likeness (QED) is 0.353. The molecule has 184 valence electrons. The van der Waals surface area contributed by atoms with Gasteiger partial charge in [-0.2, -0.15) is 13.2 Å². The summed E-state index contributed by atoms with van der Waals surface area (Å²) in [6.07, 6.45) is -2.55. The number of fused-ring (bicyclic) bond motifs is 2. The van der Waals surface area contributed by atoms with Crippen molar-refractivity contribution < 1.29 is 22.3 Å². The van der Waals surface area contributed by atoms with Gasteiger partial charge in [-0.25, -0.2) is 0 Å². The first-order valence-corrected chi connectivity index (χ1v) is 11.9. The van der Waals surface area contributed by atoms with Crippen LogP contribution in [-0.4, -0.2) is 50.0 Å². The highest BCUT2D eigenvalue weighted by molar-refractivity contribution is 5.79. The van der Waals surface area contributed by atoms with E-state index in [1.54, 1.807) is 4.90 Å². The number of nitrogens with zero attached hydrogens (tertiary/aromatic N) is 1. The van der Waals surface area contributed by atoms with Crippen LogP contribution in [0.25, 0.3) is 5.57 Å². The molecule has 0 amide bonds. The highest BCUT2D eigenvalue weighted by Gasteiger charge is 2.44. The smallest absolute Gasteiger partial charge is 0.401 e. The Balaban J connectivity index is 1.66. The summed E-state index contributed by atoms with van der Waals surface area (Å²) in [5, 5.41) is 3.13. The number of halogens is 4. The van der Waals surface area contributed by atoms with Gasteiger partial charge in [0.05, 0.1) is 19.3 Å². The molecule has 0 fully saturated rings. The van der Waals surface area contributed by atoms with E-state index < -0.39 is 18.8 Å². The lowest BCUT2D eigenvalue weighted by Gasteiger charge is -2.43. The number of ether oxygens (including phenoxy) is 1. The van der Waals surface area contributed by atoms with E-state index in [9.17, 15) is 17.6 Å². The van der Waals surface area contributed by atoms with Gasteiger partial charge in [0, 0.05) is 12.6 Å². The molecule has 0 unspecified atom stereocenters. The Morgan fingerprint density at radius 2 is 1.88 bits per heavy atom. The molecule has 1 N–H and O–H groups in total. The minimum atomic E-state index is -4.29. The standard InChI is InChI=1S/C27H32F4N2O/c1-18-15-23-22-8-4-3-7-20(22)16-24(23)26(33(18)17-27(29,30)31)21-9-5-10-25(19(21)2)34-14-13-32-12-6-11-28/h3-5,7-10,18,26,32H,6,11-17H2,1-2H3/t18-,26-/m1/s1. The van der Waals surface area contributed by atoms with Crippen LogP contribution < -0.4 is 10.1 Å². The summed E-state index contributed by atoms with van der Waals surface area (Å²) in [6.45, 7) is 4.08. The van der Waals surface area contributed by atoms with E-state index in [0.29, 0.717) is 44.7 Å². The predicted octanol–water partition coefficient (Wildman–Crippen LogP) is 6.03. The fraction of sp³-hybridized carbons (Fsp3) is 0.481. The molecule has 0 bridgehead atoms. The molecule has 0 saturated heterocycles. The summed E-state index contributed by atoms with van der Waals surface area (Å²) >= 11 is 0. The fourth-order valence-corrected chi connectivity index (χ4v) is 5.28. The summed E-state index contributed by atoms with van der Waals surface area (Å²) in [7, 11) is 0. The fourth-order valence-electron chi connectivity index (χ4n) is 5.28. The molecule has 2 aliphatic rings. The number of benzene rings is 2. The van der Waals surface area contributed by atoms with E-state index in [4.69, 9.17) is 4.74 Å². The van der Waals surface area contributed by atoms with Crippen LogP contribution in [0.15, 0.2) is 48.0 Å². The molecule has 2 aromatic rings. The number of alkyl halides is 4. The van der Waals surface area contributed by atoms with E-state index in [0.717, 1.165) is 16.7 Å². The highest BCUT2D eigenvalue weighted by Crippen LogP contribution is 2.50. The Bertz CT molecular complexity index is 1030. The molecule has 0 spiro atoms. The van der Waals surface area contributed by atoms with E-state index >= 15 is 0 Å². The van der Waals surface area contributed by atoms with Crippen LogP contribution in [0.2, 0.25) is 0 Å². The van der Waals surface area contributed by atoms with Gasteiger partial charge in [-0.05, 0) is 79.1 Å². The van der Waals surface area contributed by atoms with Crippen molar-refractivity contribution in [3.63, 3.8) is 0 Å². The minimum Gasteiger partial charge on any atom is -0.492 e. The Morgan fingerprint density at radius 3 is 2.65 bits per heavy atom. The van der Waals surface area contributed by atoms with Gasteiger partial charge in [0.1, 0.15) is 12.4 Å². The van der Waals surface area contributed by atoms with Crippen molar-refractivity contribution in [1.29, 1.82) is 0 Å². The van der Waals surface area contributed by atoms with Crippen molar-refractivity contribution in [3.8, 4) is 5.75 Å². The van der Waals surface area contributed by atoms with E-state index in [1.807, 2.05) is 44.2 Å². The number of rotatable bonds is 9. The molecule has 0 radical (unpaired) electrons. The molecule has 34 heavy (non-hydrogen) atoms. The van der Waals surface area contributed by atoms with Gasteiger partial charge in [0.2, 0.25) is 0 Å². The van der Waals surface area contributed by atoms with Crippen LogP contribution in [0.4, 0.5) is 17.6 Å². The molecule has 1 heterocycles. The molecule has 2 aromatic carbocycles. The second-order valence-corrected chi connectivity index (χ2v) is 9.19. The van der Waals surface area contributed by atoms with E-state index in [1.165, 1.54) is 16.7 Å². The largest absolute Gasteiger partial charge is 0.492 e. The molecule has 1 aliphatic carbocycles. The molecule has 0 aromatic heterocycles. The molecular weight excluding hydrogens is 444 g/mol.